The molecular weight excluding hydrogens is 238 g/mol. The molecule has 0 bridgehead atoms. The Bertz CT molecular complexity index is 310. The first-order valence-corrected chi connectivity index (χ1v) is 6.03. The van der Waals surface area contributed by atoms with Crippen molar-refractivity contribution in [2.45, 2.75) is 58.1 Å². The van der Waals surface area contributed by atoms with Crippen LogP contribution in [-0.4, -0.2) is 57.9 Å². The first-order chi connectivity index (χ1) is 8.08. The van der Waals surface area contributed by atoms with Gasteiger partial charge in [-0.15, -0.1) is 0 Å². The van der Waals surface area contributed by atoms with Crippen molar-refractivity contribution in [3.63, 3.8) is 0 Å². The summed E-state index contributed by atoms with van der Waals surface area (Å²) >= 11 is 0. The van der Waals surface area contributed by atoms with Gasteiger partial charge in [-0.05, 0) is 34.6 Å². The van der Waals surface area contributed by atoms with Crippen LogP contribution in [0.5, 0.6) is 0 Å². The van der Waals surface area contributed by atoms with Gasteiger partial charge >= 0.3 is 6.09 Å². The van der Waals surface area contributed by atoms with Crippen molar-refractivity contribution in [1.82, 2.24) is 4.90 Å². The number of ether oxygens (including phenoxy) is 2. The predicted octanol–water partition coefficient (Wildman–Crippen LogP) is 0.712. The molecule has 1 amide bonds. The van der Waals surface area contributed by atoms with Crippen LogP contribution in [0.4, 0.5) is 4.79 Å². The van der Waals surface area contributed by atoms with E-state index in [2.05, 4.69) is 0 Å². The molecule has 18 heavy (non-hydrogen) atoms. The lowest BCUT2D eigenvalue weighted by atomic mass is 10.1. The first kappa shape index (κ1) is 15.2. The lowest BCUT2D eigenvalue weighted by Crippen LogP contribution is -2.54. The molecule has 0 saturated carbocycles. The fourth-order valence-electron chi connectivity index (χ4n) is 1.90. The van der Waals surface area contributed by atoms with Gasteiger partial charge in [0.25, 0.3) is 0 Å². The summed E-state index contributed by atoms with van der Waals surface area (Å²) in [6.07, 6.45) is -1.60. The number of hydrogen-bond donors (Lipinski definition) is 2. The summed E-state index contributed by atoms with van der Waals surface area (Å²) in [6, 6.07) is -0.597. The molecule has 1 saturated heterocycles. The molecule has 6 nitrogen and oxygen atoms in total. The second-order valence-electron chi connectivity index (χ2n) is 5.93. The predicted molar refractivity (Wildman–Crippen MR) is 65.0 cm³/mol. The highest BCUT2D eigenvalue weighted by atomic mass is 16.6. The minimum atomic E-state index is -1.04. The lowest BCUT2D eigenvalue weighted by molar-refractivity contribution is -0.0698. The number of carbonyl (C=O) groups excluding carboxylic acids is 1. The maximum atomic E-state index is 12.1. The van der Waals surface area contributed by atoms with Gasteiger partial charge in [-0.2, -0.15) is 0 Å². The summed E-state index contributed by atoms with van der Waals surface area (Å²) in [5.41, 5.74) is -1.48. The van der Waals surface area contributed by atoms with Gasteiger partial charge in [0, 0.05) is 0 Å². The van der Waals surface area contributed by atoms with E-state index in [0.717, 1.165) is 0 Å². The summed E-state index contributed by atoms with van der Waals surface area (Å²) in [5, 5.41) is 18.7. The van der Waals surface area contributed by atoms with E-state index in [-0.39, 0.29) is 6.61 Å². The monoisotopic (exact) mass is 261 g/mol. The summed E-state index contributed by atoms with van der Waals surface area (Å²) in [6.45, 7) is 8.50. The van der Waals surface area contributed by atoms with E-state index in [0.29, 0.717) is 0 Å². The third-order valence-corrected chi connectivity index (χ3v) is 2.74. The average Bonchev–Trinajstić information content (AvgIpc) is 2.50. The Balaban J connectivity index is 2.88. The SMILES string of the molecule is CC(C)(C)OC(=O)N1[C@@H]([C@@H](O)CO)COC1(C)C. The van der Waals surface area contributed by atoms with E-state index in [1.54, 1.807) is 34.6 Å². The third kappa shape index (κ3) is 3.34. The van der Waals surface area contributed by atoms with Gasteiger partial charge in [-0.3, -0.25) is 4.90 Å². The molecule has 1 rings (SSSR count). The van der Waals surface area contributed by atoms with Crippen molar-refractivity contribution in [1.29, 1.82) is 0 Å². The molecule has 2 atom stereocenters. The molecule has 1 fully saturated rings. The first-order valence-electron chi connectivity index (χ1n) is 6.03. The number of nitrogens with zero attached hydrogens (tertiary/aromatic N) is 1. The van der Waals surface area contributed by atoms with Gasteiger partial charge in [0.15, 0.2) is 0 Å². The second kappa shape index (κ2) is 5.03. The molecule has 6 heteroatoms. The van der Waals surface area contributed by atoms with Crippen molar-refractivity contribution >= 4 is 6.09 Å². The minimum absolute atomic E-state index is 0.175. The Labute approximate surface area is 107 Å². The lowest BCUT2D eigenvalue weighted by Gasteiger charge is -2.36. The fourth-order valence-corrected chi connectivity index (χ4v) is 1.90. The van der Waals surface area contributed by atoms with Crippen LogP contribution in [0.25, 0.3) is 0 Å². The smallest absolute Gasteiger partial charge is 0.412 e. The number of rotatable bonds is 2. The molecule has 0 aromatic rings. The summed E-state index contributed by atoms with van der Waals surface area (Å²) in [5.74, 6) is 0. The van der Waals surface area contributed by atoms with Crippen molar-refractivity contribution in [2.24, 2.45) is 0 Å². The van der Waals surface area contributed by atoms with E-state index in [1.165, 1.54) is 4.90 Å². The maximum Gasteiger partial charge on any atom is 0.412 e. The van der Waals surface area contributed by atoms with E-state index in [9.17, 15) is 9.90 Å². The van der Waals surface area contributed by atoms with Crippen molar-refractivity contribution in [3.8, 4) is 0 Å². The van der Waals surface area contributed by atoms with Crippen LogP contribution in [0.15, 0.2) is 0 Å². The molecule has 0 unspecified atom stereocenters. The van der Waals surface area contributed by atoms with E-state index < -0.39 is 36.2 Å². The quantitative estimate of drug-likeness (QED) is 0.765. The Morgan fingerprint density at radius 1 is 1.56 bits per heavy atom. The number of amides is 1. The summed E-state index contributed by atoms with van der Waals surface area (Å²) in [4.78, 5) is 13.5. The van der Waals surface area contributed by atoms with Crippen molar-refractivity contribution < 1.29 is 24.5 Å². The molecule has 1 aliphatic heterocycles. The van der Waals surface area contributed by atoms with Crippen LogP contribution in [0.1, 0.15) is 34.6 Å². The molecule has 0 aliphatic carbocycles. The molecule has 1 aliphatic rings. The zero-order valence-corrected chi connectivity index (χ0v) is 11.6. The van der Waals surface area contributed by atoms with Crippen LogP contribution in [-0.2, 0) is 9.47 Å². The fraction of sp³-hybridized carbons (Fsp3) is 0.917. The Morgan fingerprint density at radius 2 is 2.11 bits per heavy atom. The Morgan fingerprint density at radius 3 is 2.56 bits per heavy atom. The second-order valence-corrected chi connectivity index (χ2v) is 5.93. The number of hydrogen-bond acceptors (Lipinski definition) is 5. The topological polar surface area (TPSA) is 79.2 Å². The van der Waals surface area contributed by atoms with Crippen LogP contribution in [0, 0.1) is 0 Å². The van der Waals surface area contributed by atoms with E-state index >= 15 is 0 Å². The normalized spacial score (nSPS) is 25.1. The Hall–Kier alpha value is -0.850. The number of aliphatic hydroxyl groups is 2. The zero-order valence-electron chi connectivity index (χ0n) is 11.6. The molecule has 0 aromatic carbocycles. The van der Waals surface area contributed by atoms with Crippen LogP contribution in [0.3, 0.4) is 0 Å². The third-order valence-electron chi connectivity index (χ3n) is 2.74. The number of carbonyl (C=O) groups is 1. The molecule has 1 heterocycles. The van der Waals surface area contributed by atoms with Gasteiger partial charge in [0.2, 0.25) is 0 Å². The standard InChI is InChI=1S/C12H23NO5/c1-11(2,3)18-10(16)13-8(9(15)6-14)7-17-12(13,4)5/h8-9,14-15H,6-7H2,1-5H3/t8-,9+/m1/s1. The van der Waals surface area contributed by atoms with Gasteiger partial charge in [-0.1, -0.05) is 0 Å². The van der Waals surface area contributed by atoms with Gasteiger partial charge in [-0.25, -0.2) is 4.79 Å². The number of aliphatic hydroxyl groups excluding tert-OH is 2. The zero-order chi connectivity index (χ0) is 14.1. The van der Waals surface area contributed by atoms with Crippen LogP contribution >= 0.6 is 0 Å². The van der Waals surface area contributed by atoms with Crippen molar-refractivity contribution in [2.75, 3.05) is 13.2 Å². The molecule has 0 radical (unpaired) electrons. The molecule has 2 N–H and O–H groups in total. The van der Waals surface area contributed by atoms with Crippen molar-refractivity contribution in [3.05, 3.63) is 0 Å². The van der Waals surface area contributed by atoms with Gasteiger partial charge < -0.3 is 19.7 Å². The van der Waals surface area contributed by atoms with E-state index in [4.69, 9.17) is 14.6 Å². The highest BCUT2D eigenvalue weighted by Gasteiger charge is 2.48. The summed E-state index contributed by atoms with van der Waals surface area (Å²) < 4.78 is 10.8. The van der Waals surface area contributed by atoms with Crippen LogP contribution in [0.2, 0.25) is 0 Å². The highest BCUT2D eigenvalue weighted by molar-refractivity contribution is 5.69. The maximum absolute atomic E-state index is 12.1. The molecule has 106 valence electrons. The van der Waals surface area contributed by atoms with Gasteiger partial charge in [0.1, 0.15) is 11.3 Å². The van der Waals surface area contributed by atoms with E-state index in [1.807, 2.05) is 0 Å². The highest BCUT2D eigenvalue weighted by Crippen LogP contribution is 2.30. The molecule has 0 spiro atoms. The van der Waals surface area contributed by atoms with Gasteiger partial charge in [0.05, 0.1) is 25.4 Å². The largest absolute Gasteiger partial charge is 0.444 e. The Kier molecular flexibility index (Phi) is 4.25. The molecule has 0 aromatic heterocycles. The van der Waals surface area contributed by atoms with Crippen LogP contribution < -0.4 is 0 Å². The molecular formula is C12H23NO5. The average molecular weight is 261 g/mol. The summed E-state index contributed by atoms with van der Waals surface area (Å²) in [7, 11) is 0. The minimum Gasteiger partial charge on any atom is -0.444 e.